The number of aromatic nitrogens is 2. The summed E-state index contributed by atoms with van der Waals surface area (Å²) in [5.74, 6) is -0.556. The summed E-state index contributed by atoms with van der Waals surface area (Å²) in [7, 11) is 1.38. The average molecular weight is 170 g/mol. The van der Waals surface area contributed by atoms with Gasteiger partial charge in [0, 0.05) is 7.05 Å². The van der Waals surface area contributed by atoms with Crippen molar-refractivity contribution in [2.75, 3.05) is 7.05 Å². The molecule has 7 nitrogen and oxygen atoms in total. The molecule has 0 fully saturated rings. The van der Waals surface area contributed by atoms with Gasteiger partial charge in [-0.3, -0.25) is 20.0 Å². The molecule has 0 atom stereocenters. The number of carbonyl (C=O) groups is 1. The maximum absolute atomic E-state index is 10.9. The highest BCUT2D eigenvalue weighted by molar-refractivity contribution is 5.95. The van der Waals surface area contributed by atoms with E-state index in [9.17, 15) is 14.9 Å². The Kier molecular flexibility index (Phi) is 2.04. The molecule has 0 aromatic carbocycles. The number of hydrogen-bond acceptors (Lipinski definition) is 4. The lowest BCUT2D eigenvalue weighted by Gasteiger charge is -1.93. The molecule has 64 valence electrons. The first kappa shape index (κ1) is 8.18. The van der Waals surface area contributed by atoms with Crippen molar-refractivity contribution in [1.82, 2.24) is 15.5 Å². The fourth-order valence-electron chi connectivity index (χ4n) is 0.710. The lowest BCUT2D eigenvalue weighted by Crippen LogP contribution is -2.19. The van der Waals surface area contributed by atoms with Crippen LogP contribution in [-0.4, -0.2) is 28.1 Å². The molecule has 0 saturated carbocycles. The average Bonchev–Trinajstić information content (AvgIpc) is 2.50. The quantitative estimate of drug-likeness (QED) is 0.469. The molecule has 1 aromatic heterocycles. The summed E-state index contributed by atoms with van der Waals surface area (Å²) in [6.07, 6.45) is 0.991. The maximum Gasteiger partial charge on any atom is 0.319 e. The van der Waals surface area contributed by atoms with E-state index in [4.69, 9.17) is 0 Å². The zero-order valence-corrected chi connectivity index (χ0v) is 6.20. The zero-order valence-electron chi connectivity index (χ0n) is 6.20. The van der Waals surface area contributed by atoms with Crippen LogP contribution in [0.15, 0.2) is 6.20 Å². The van der Waals surface area contributed by atoms with E-state index in [1.807, 2.05) is 0 Å². The van der Waals surface area contributed by atoms with Crippen molar-refractivity contribution >= 4 is 11.6 Å². The molecule has 0 bridgehead atoms. The van der Waals surface area contributed by atoms with Gasteiger partial charge in [-0.2, -0.15) is 5.10 Å². The molecule has 1 heterocycles. The Balaban J connectivity index is 3.07. The van der Waals surface area contributed by atoms with Gasteiger partial charge in [-0.15, -0.1) is 0 Å². The van der Waals surface area contributed by atoms with E-state index in [1.54, 1.807) is 0 Å². The third-order valence-corrected chi connectivity index (χ3v) is 1.27. The number of nitro groups is 1. The second kappa shape index (κ2) is 2.99. The molecule has 0 aliphatic carbocycles. The van der Waals surface area contributed by atoms with Crippen LogP contribution in [0.3, 0.4) is 0 Å². The van der Waals surface area contributed by atoms with Crippen molar-refractivity contribution in [3.05, 3.63) is 22.0 Å². The van der Waals surface area contributed by atoms with Crippen molar-refractivity contribution in [2.24, 2.45) is 0 Å². The first-order valence-corrected chi connectivity index (χ1v) is 3.06. The number of H-pyrrole nitrogens is 1. The van der Waals surface area contributed by atoms with Crippen LogP contribution >= 0.6 is 0 Å². The standard InChI is InChI=1S/C5H6N4O3/c1-6-5(10)4-3(9(11)12)2-7-8-4/h2H,1H3,(H,6,10)(H,7,8). The molecule has 0 aliphatic rings. The highest BCUT2D eigenvalue weighted by Gasteiger charge is 2.21. The SMILES string of the molecule is CNC(=O)c1[nH]ncc1[N+](=O)[O-]. The molecular formula is C5H6N4O3. The Labute approximate surface area is 66.9 Å². The highest BCUT2D eigenvalue weighted by atomic mass is 16.6. The fourth-order valence-corrected chi connectivity index (χ4v) is 0.710. The number of carbonyl (C=O) groups excluding carboxylic acids is 1. The smallest absolute Gasteiger partial charge is 0.319 e. The molecule has 0 radical (unpaired) electrons. The second-order valence-corrected chi connectivity index (χ2v) is 1.97. The van der Waals surface area contributed by atoms with E-state index in [2.05, 4.69) is 15.5 Å². The minimum Gasteiger partial charge on any atom is -0.354 e. The van der Waals surface area contributed by atoms with Crippen LogP contribution in [0.2, 0.25) is 0 Å². The first-order valence-electron chi connectivity index (χ1n) is 3.06. The van der Waals surface area contributed by atoms with Crippen LogP contribution in [0.5, 0.6) is 0 Å². The van der Waals surface area contributed by atoms with E-state index in [0.29, 0.717) is 0 Å². The molecule has 0 spiro atoms. The molecule has 1 rings (SSSR count). The molecule has 1 aromatic rings. The zero-order chi connectivity index (χ0) is 9.14. The minimum absolute atomic E-state index is 0.137. The molecule has 0 aliphatic heterocycles. The second-order valence-electron chi connectivity index (χ2n) is 1.97. The largest absolute Gasteiger partial charge is 0.354 e. The molecule has 0 unspecified atom stereocenters. The summed E-state index contributed by atoms with van der Waals surface area (Å²) in [6.45, 7) is 0. The summed E-state index contributed by atoms with van der Waals surface area (Å²) in [4.78, 5) is 20.5. The normalized spacial score (nSPS) is 9.42. The van der Waals surface area contributed by atoms with Crippen LogP contribution in [0.1, 0.15) is 10.5 Å². The van der Waals surface area contributed by atoms with Crippen molar-refractivity contribution in [1.29, 1.82) is 0 Å². The van der Waals surface area contributed by atoms with E-state index >= 15 is 0 Å². The summed E-state index contributed by atoms with van der Waals surface area (Å²) >= 11 is 0. The summed E-state index contributed by atoms with van der Waals surface area (Å²) in [6, 6.07) is 0. The molecule has 7 heteroatoms. The van der Waals surface area contributed by atoms with Crippen molar-refractivity contribution in [3.63, 3.8) is 0 Å². The first-order chi connectivity index (χ1) is 5.66. The molecule has 12 heavy (non-hydrogen) atoms. The predicted molar refractivity (Wildman–Crippen MR) is 38.6 cm³/mol. The Morgan fingerprint density at radius 2 is 2.50 bits per heavy atom. The lowest BCUT2D eigenvalue weighted by atomic mass is 10.3. The van der Waals surface area contributed by atoms with Crippen LogP contribution in [0.4, 0.5) is 5.69 Å². The van der Waals surface area contributed by atoms with Gasteiger partial charge in [-0.25, -0.2) is 0 Å². The summed E-state index contributed by atoms with van der Waals surface area (Å²) < 4.78 is 0. The molecule has 0 saturated heterocycles. The topological polar surface area (TPSA) is 101 Å². The predicted octanol–water partition coefficient (Wildman–Crippen LogP) is -0.323. The Bertz CT molecular complexity index is 318. The van der Waals surface area contributed by atoms with Crippen LogP contribution in [-0.2, 0) is 0 Å². The van der Waals surface area contributed by atoms with Crippen LogP contribution < -0.4 is 5.32 Å². The van der Waals surface area contributed by atoms with E-state index in [1.165, 1.54) is 7.05 Å². The van der Waals surface area contributed by atoms with Crippen molar-refractivity contribution in [2.45, 2.75) is 0 Å². The van der Waals surface area contributed by atoms with E-state index < -0.39 is 10.8 Å². The van der Waals surface area contributed by atoms with Gasteiger partial charge in [0.15, 0.2) is 0 Å². The monoisotopic (exact) mass is 170 g/mol. The Morgan fingerprint density at radius 1 is 1.83 bits per heavy atom. The van der Waals surface area contributed by atoms with Gasteiger partial charge in [0.25, 0.3) is 5.91 Å². The fraction of sp³-hybridized carbons (Fsp3) is 0.200. The Morgan fingerprint density at radius 3 is 3.00 bits per heavy atom. The van der Waals surface area contributed by atoms with Gasteiger partial charge in [0.2, 0.25) is 5.69 Å². The van der Waals surface area contributed by atoms with E-state index in [0.717, 1.165) is 6.20 Å². The molecule has 1 amide bonds. The van der Waals surface area contributed by atoms with Crippen LogP contribution in [0, 0.1) is 10.1 Å². The number of nitrogens with zero attached hydrogens (tertiary/aromatic N) is 2. The van der Waals surface area contributed by atoms with Crippen molar-refractivity contribution < 1.29 is 9.72 Å². The number of amides is 1. The number of hydrogen-bond donors (Lipinski definition) is 2. The third kappa shape index (κ3) is 1.24. The van der Waals surface area contributed by atoms with Gasteiger partial charge < -0.3 is 5.32 Å². The maximum atomic E-state index is 10.9. The van der Waals surface area contributed by atoms with E-state index in [-0.39, 0.29) is 11.4 Å². The summed E-state index contributed by atoms with van der Waals surface area (Å²) in [5.41, 5.74) is -0.461. The minimum atomic E-state index is -0.673. The number of rotatable bonds is 2. The van der Waals surface area contributed by atoms with Gasteiger partial charge in [0.05, 0.1) is 4.92 Å². The molecular weight excluding hydrogens is 164 g/mol. The van der Waals surface area contributed by atoms with Gasteiger partial charge in [-0.05, 0) is 0 Å². The highest BCUT2D eigenvalue weighted by Crippen LogP contribution is 2.13. The van der Waals surface area contributed by atoms with Crippen LogP contribution in [0.25, 0.3) is 0 Å². The van der Waals surface area contributed by atoms with Gasteiger partial charge >= 0.3 is 5.69 Å². The molecule has 2 N–H and O–H groups in total. The van der Waals surface area contributed by atoms with Gasteiger partial charge in [-0.1, -0.05) is 0 Å². The Hall–Kier alpha value is -1.92. The van der Waals surface area contributed by atoms with Crippen molar-refractivity contribution in [3.8, 4) is 0 Å². The third-order valence-electron chi connectivity index (χ3n) is 1.27. The number of nitrogens with one attached hydrogen (secondary N) is 2. The lowest BCUT2D eigenvalue weighted by molar-refractivity contribution is -0.385. The summed E-state index contributed by atoms with van der Waals surface area (Å²) in [5, 5.41) is 18.1. The number of aromatic amines is 1. The van der Waals surface area contributed by atoms with Gasteiger partial charge in [0.1, 0.15) is 6.20 Å².